The molecule has 7 heteroatoms. The van der Waals surface area contributed by atoms with Crippen molar-refractivity contribution in [2.24, 2.45) is 16.6 Å². The van der Waals surface area contributed by atoms with Crippen LogP contribution in [-0.4, -0.2) is 35.5 Å². The summed E-state index contributed by atoms with van der Waals surface area (Å²) in [5.41, 5.74) is 6.78. The predicted octanol–water partition coefficient (Wildman–Crippen LogP) is 2.74. The number of guanidine groups is 1. The Morgan fingerprint density at radius 1 is 1.32 bits per heavy atom. The zero-order valence-corrected chi connectivity index (χ0v) is 15.1. The van der Waals surface area contributed by atoms with Crippen molar-refractivity contribution in [1.29, 1.82) is 0 Å². The Kier molecular flexibility index (Phi) is 7.13. The Bertz CT molecular complexity index is 670. The summed E-state index contributed by atoms with van der Waals surface area (Å²) in [6.07, 6.45) is 3.71. The summed E-state index contributed by atoms with van der Waals surface area (Å²) in [6.45, 7) is 8.57. The molecule has 0 radical (unpaired) electrons. The third-order valence-corrected chi connectivity index (χ3v) is 3.46. The molecule has 1 atom stereocenters. The van der Waals surface area contributed by atoms with Crippen LogP contribution in [0.4, 0.5) is 5.69 Å². The second kappa shape index (κ2) is 9.56. The third kappa shape index (κ3) is 6.02. The number of benzene rings is 1. The highest BCUT2D eigenvalue weighted by Crippen LogP contribution is 2.29. The number of ether oxygens (including phenoxy) is 2. The minimum absolute atomic E-state index is 0.321. The van der Waals surface area contributed by atoms with Crippen molar-refractivity contribution >= 4 is 11.6 Å². The first kappa shape index (κ1) is 18.6. The standard InChI is InChI=1S/C18H27N5O2/c1-4-24-15-7-8-17(25-5-2)16(11-15)22-18(19)20-12-14(3)13-23-10-6-9-21-23/h6-11,14H,4-5,12-13H2,1-3H3,(H3,19,20,22). The first-order chi connectivity index (χ1) is 12.1. The second-order valence-corrected chi connectivity index (χ2v) is 5.71. The van der Waals surface area contributed by atoms with Gasteiger partial charge < -0.3 is 20.5 Å². The van der Waals surface area contributed by atoms with E-state index in [0.29, 0.717) is 37.4 Å². The van der Waals surface area contributed by atoms with Gasteiger partial charge >= 0.3 is 0 Å². The molecule has 0 fully saturated rings. The van der Waals surface area contributed by atoms with E-state index >= 15 is 0 Å². The van der Waals surface area contributed by atoms with E-state index in [9.17, 15) is 0 Å². The van der Waals surface area contributed by atoms with Gasteiger partial charge in [0.2, 0.25) is 0 Å². The molecule has 3 N–H and O–H groups in total. The number of aliphatic imine (C=N–C) groups is 1. The van der Waals surface area contributed by atoms with Crippen LogP contribution in [-0.2, 0) is 6.54 Å². The summed E-state index contributed by atoms with van der Waals surface area (Å²) in [4.78, 5) is 4.42. The van der Waals surface area contributed by atoms with Gasteiger partial charge in [0.05, 0.1) is 18.9 Å². The van der Waals surface area contributed by atoms with Gasteiger partial charge in [-0.15, -0.1) is 0 Å². The van der Waals surface area contributed by atoms with Gasteiger partial charge in [0.15, 0.2) is 5.96 Å². The van der Waals surface area contributed by atoms with Crippen molar-refractivity contribution in [3.63, 3.8) is 0 Å². The Hall–Kier alpha value is -2.70. The van der Waals surface area contributed by atoms with Crippen molar-refractivity contribution in [2.45, 2.75) is 27.3 Å². The van der Waals surface area contributed by atoms with Crippen LogP contribution in [0.15, 0.2) is 41.7 Å². The maximum Gasteiger partial charge on any atom is 0.193 e. The SMILES string of the molecule is CCOc1ccc(OCC)c(NC(N)=NCC(C)Cn2cccn2)c1. The van der Waals surface area contributed by atoms with Crippen LogP contribution in [0.2, 0.25) is 0 Å². The molecule has 25 heavy (non-hydrogen) atoms. The van der Waals surface area contributed by atoms with Crippen LogP contribution in [0.1, 0.15) is 20.8 Å². The van der Waals surface area contributed by atoms with Gasteiger partial charge in [0.25, 0.3) is 0 Å². The highest BCUT2D eigenvalue weighted by Gasteiger charge is 2.08. The first-order valence-electron chi connectivity index (χ1n) is 8.56. The molecule has 2 rings (SSSR count). The fourth-order valence-corrected chi connectivity index (χ4v) is 2.36. The topological polar surface area (TPSA) is 86.7 Å². The summed E-state index contributed by atoms with van der Waals surface area (Å²) in [5, 5.41) is 7.31. The fourth-order valence-electron chi connectivity index (χ4n) is 2.36. The zero-order valence-electron chi connectivity index (χ0n) is 15.1. The second-order valence-electron chi connectivity index (χ2n) is 5.71. The maximum absolute atomic E-state index is 6.04. The predicted molar refractivity (Wildman–Crippen MR) is 100 cm³/mol. The van der Waals surface area contributed by atoms with Crippen molar-refractivity contribution < 1.29 is 9.47 Å². The van der Waals surface area contributed by atoms with Crippen LogP contribution < -0.4 is 20.5 Å². The number of nitrogens with zero attached hydrogens (tertiary/aromatic N) is 3. The van der Waals surface area contributed by atoms with Crippen LogP contribution in [0, 0.1) is 5.92 Å². The number of rotatable bonds is 9. The molecular weight excluding hydrogens is 318 g/mol. The lowest BCUT2D eigenvalue weighted by molar-refractivity contribution is 0.332. The third-order valence-electron chi connectivity index (χ3n) is 3.46. The van der Waals surface area contributed by atoms with Gasteiger partial charge in [0.1, 0.15) is 11.5 Å². The molecular formula is C18H27N5O2. The number of nitrogens with one attached hydrogen (secondary N) is 1. The van der Waals surface area contributed by atoms with Crippen molar-refractivity contribution in [2.75, 3.05) is 25.1 Å². The van der Waals surface area contributed by atoms with Crippen molar-refractivity contribution in [3.8, 4) is 11.5 Å². The molecule has 0 amide bonds. The number of hydrogen-bond donors (Lipinski definition) is 2. The molecule has 0 saturated carbocycles. The van der Waals surface area contributed by atoms with E-state index in [1.165, 1.54) is 0 Å². The minimum Gasteiger partial charge on any atom is -0.494 e. The molecule has 2 aromatic rings. The van der Waals surface area contributed by atoms with E-state index < -0.39 is 0 Å². The van der Waals surface area contributed by atoms with Gasteiger partial charge in [-0.3, -0.25) is 9.67 Å². The molecule has 0 bridgehead atoms. The number of aromatic nitrogens is 2. The lowest BCUT2D eigenvalue weighted by Crippen LogP contribution is -2.24. The summed E-state index contributed by atoms with van der Waals surface area (Å²) >= 11 is 0. The zero-order chi connectivity index (χ0) is 18.1. The van der Waals surface area contributed by atoms with Crippen molar-refractivity contribution in [1.82, 2.24) is 9.78 Å². The molecule has 7 nitrogen and oxygen atoms in total. The van der Waals surface area contributed by atoms with Gasteiger partial charge in [-0.25, -0.2) is 0 Å². The highest BCUT2D eigenvalue weighted by molar-refractivity contribution is 5.94. The van der Waals surface area contributed by atoms with Crippen molar-refractivity contribution in [3.05, 3.63) is 36.7 Å². The smallest absolute Gasteiger partial charge is 0.193 e. The molecule has 1 aromatic heterocycles. The van der Waals surface area contributed by atoms with Gasteiger partial charge in [0, 0.05) is 31.5 Å². The van der Waals surface area contributed by atoms with Crippen LogP contribution in [0.25, 0.3) is 0 Å². The Balaban J connectivity index is 1.99. The summed E-state index contributed by atoms with van der Waals surface area (Å²) < 4.78 is 13.1. The van der Waals surface area contributed by atoms with Gasteiger partial charge in [-0.2, -0.15) is 5.10 Å². The van der Waals surface area contributed by atoms with E-state index in [1.807, 2.05) is 49.0 Å². The summed E-state index contributed by atoms with van der Waals surface area (Å²) in [7, 11) is 0. The normalized spacial score (nSPS) is 12.7. The Morgan fingerprint density at radius 2 is 2.12 bits per heavy atom. The van der Waals surface area contributed by atoms with E-state index in [4.69, 9.17) is 15.2 Å². The number of hydrogen-bond acceptors (Lipinski definition) is 4. The molecule has 0 aliphatic heterocycles. The van der Waals surface area contributed by atoms with E-state index in [1.54, 1.807) is 6.20 Å². The quantitative estimate of drug-likeness (QED) is 0.539. The molecule has 0 aliphatic carbocycles. The van der Waals surface area contributed by atoms with Crippen LogP contribution in [0.3, 0.4) is 0 Å². The van der Waals surface area contributed by atoms with Gasteiger partial charge in [-0.05, 0) is 38.0 Å². The number of nitrogens with two attached hydrogens (primary N) is 1. The molecule has 0 saturated heterocycles. The highest BCUT2D eigenvalue weighted by atomic mass is 16.5. The van der Waals surface area contributed by atoms with E-state index in [2.05, 4.69) is 22.3 Å². The maximum atomic E-state index is 6.04. The lowest BCUT2D eigenvalue weighted by Gasteiger charge is -2.14. The Labute approximate surface area is 148 Å². The summed E-state index contributed by atoms with van der Waals surface area (Å²) in [6, 6.07) is 7.51. The molecule has 1 aromatic carbocycles. The summed E-state index contributed by atoms with van der Waals surface area (Å²) in [5.74, 6) is 2.14. The number of anilines is 1. The first-order valence-corrected chi connectivity index (χ1v) is 8.56. The van der Waals surface area contributed by atoms with E-state index in [0.717, 1.165) is 18.0 Å². The largest absolute Gasteiger partial charge is 0.494 e. The molecule has 136 valence electrons. The van der Waals surface area contributed by atoms with Gasteiger partial charge in [-0.1, -0.05) is 6.92 Å². The van der Waals surface area contributed by atoms with Crippen LogP contribution >= 0.6 is 0 Å². The molecule has 0 aliphatic rings. The average Bonchev–Trinajstić information content (AvgIpc) is 3.09. The Morgan fingerprint density at radius 3 is 2.80 bits per heavy atom. The monoisotopic (exact) mass is 345 g/mol. The average molecular weight is 345 g/mol. The molecule has 1 heterocycles. The van der Waals surface area contributed by atoms with Crippen LogP contribution in [0.5, 0.6) is 11.5 Å². The van der Waals surface area contributed by atoms with E-state index in [-0.39, 0.29) is 0 Å². The molecule has 1 unspecified atom stereocenters. The lowest BCUT2D eigenvalue weighted by atomic mass is 10.2. The minimum atomic E-state index is 0.321. The molecule has 0 spiro atoms. The fraction of sp³-hybridized carbons (Fsp3) is 0.444.